The van der Waals surface area contributed by atoms with Crippen molar-refractivity contribution < 1.29 is 4.74 Å². The molecule has 3 nitrogen and oxygen atoms in total. The minimum atomic E-state index is -0.685. The number of aryl methyl sites for hydroxylation is 3. The van der Waals surface area contributed by atoms with Crippen LogP contribution in [0, 0.1) is 25.7 Å². The molecule has 0 aliphatic rings. The molecule has 3 heteroatoms. The molecule has 1 aromatic rings. The predicted molar refractivity (Wildman–Crippen MR) is 56.2 cm³/mol. The van der Waals surface area contributed by atoms with Gasteiger partial charge in [0.25, 0.3) is 0 Å². The van der Waals surface area contributed by atoms with Gasteiger partial charge in [0, 0.05) is 12.7 Å². The quantitative estimate of drug-likeness (QED) is 0.692. The second-order valence-corrected chi connectivity index (χ2v) is 3.51. The summed E-state index contributed by atoms with van der Waals surface area (Å²) in [5, 5.41) is 2.96. The van der Waals surface area contributed by atoms with Gasteiger partial charge in [-0.15, -0.1) is 4.91 Å². The zero-order valence-electron chi connectivity index (χ0n) is 9.00. The molecule has 0 bridgehead atoms. The van der Waals surface area contributed by atoms with E-state index >= 15 is 0 Å². The largest absolute Gasteiger partial charge is 0.353 e. The van der Waals surface area contributed by atoms with E-state index in [4.69, 9.17) is 4.74 Å². The summed E-state index contributed by atoms with van der Waals surface area (Å²) < 4.78 is 5.01. The molecule has 0 aromatic heterocycles. The Labute approximate surface area is 84.1 Å². The molecule has 0 heterocycles. The highest BCUT2D eigenvalue weighted by atomic mass is 16.5. The van der Waals surface area contributed by atoms with Gasteiger partial charge < -0.3 is 4.74 Å². The highest BCUT2D eigenvalue weighted by Crippen LogP contribution is 2.26. The van der Waals surface area contributed by atoms with Crippen molar-refractivity contribution in [2.45, 2.75) is 27.0 Å². The Morgan fingerprint density at radius 1 is 1.21 bits per heavy atom. The van der Waals surface area contributed by atoms with Crippen molar-refractivity contribution in [3.63, 3.8) is 0 Å². The Morgan fingerprint density at radius 3 is 2.07 bits per heavy atom. The van der Waals surface area contributed by atoms with Gasteiger partial charge in [-0.2, -0.15) is 0 Å². The fourth-order valence-electron chi connectivity index (χ4n) is 1.79. The van der Waals surface area contributed by atoms with Gasteiger partial charge in [0.05, 0.1) is 0 Å². The van der Waals surface area contributed by atoms with Crippen LogP contribution in [0.15, 0.2) is 17.3 Å². The van der Waals surface area contributed by atoms with Crippen LogP contribution in [0.3, 0.4) is 0 Å². The average Bonchev–Trinajstić information content (AvgIpc) is 2.10. The molecule has 0 fully saturated rings. The first kappa shape index (κ1) is 10.9. The molecule has 0 aliphatic carbocycles. The van der Waals surface area contributed by atoms with Crippen molar-refractivity contribution in [2.75, 3.05) is 7.11 Å². The molecule has 0 spiro atoms. The van der Waals surface area contributed by atoms with Crippen molar-refractivity contribution in [3.8, 4) is 0 Å². The lowest BCUT2D eigenvalue weighted by Gasteiger charge is -2.14. The molecular weight excluding hydrogens is 178 g/mol. The summed E-state index contributed by atoms with van der Waals surface area (Å²) in [5.41, 5.74) is 4.17. The second kappa shape index (κ2) is 4.33. The van der Waals surface area contributed by atoms with Crippen LogP contribution in [0.5, 0.6) is 0 Å². The van der Waals surface area contributed by atoms with Crippen molar-refractivity contribution in [2.24, 2.45) is 5.18 Å². The van der Waals surface area contributed by atoms with Gasteiger partial charge in [-0.1, -0.05) is 17.7 Å². The number of hydrogen-bond donors (Lipinski definition) is 0. The summed E-state index contributed by atoms with van der Waals surface area (Å²) in [6, 6.07) is 4.05. The lowest BCUT2D eigenvalue weighted by atomic mass is 9.99. The first-order valence-electron chi connectivity index (χ1n) is 4.53. The van der Waals surface area contributed by atoms with Crippen molar-refractivity contribution in [1.82, 2.24) is 0 Å². The second-order valence-electron chi connectivity index (χ2n) is 3.51. The van der Waals surface area contributed by atoms with Crippen molar-refractivity contribution in [3.05, 3.63) is 39.3 Å². The standard InChI is InChI=1S/C11H15NO2/c1-7-5-8(2)10(9(3)6-7)11(12-13)14-4/h5-6,11H,1-4H3. The zero-order valence-corrected chi connectivity index (χ0v) is 9.00. The van der Waals surface area contributed by atoms with E-state index in [0.717, 1.165) is 16.7 Å². The van der Waals surface area contributed by atoms with Crippen LogP contribution in [-0.4, -0.2) is 7.11 Å². The van der Waals surface area contributed by atoms with Crippen LogP contribution in [0.4, 0.5) is 0 Å². The third kappa shape index (κ3) is 1.99. The van der Waals surface area contributed by atoms with Crippen LogP contribution in [0.2, 0.25) is 0 Å². The van der Waals surface area contributed by atoms with Crippen molar-refractivity contribution in [1.29, 1.82) is 0 Å². The normalized spacial score (nSPS) is 12.6. The molecular formula is C11H15NO2. The number of benzene rings is 1. The third-order valence-electron chi connectivity index (χ3n) is 2.30. The fourth-order valence-corrected chi connectivity index (χ4v) is 1.79. The average molecular weight is 193 g/mol. The minimum absolute atomic E-state index is 0.685. The molecule has 14 heavy (non-hydrogen) atoms. The van der Waals surface area contributed by atoms with Gasteiger partial charge >= 0.3 is 0 Å². The number of methoxy groups -OCH3 is 1. The smallest absolute Gasteiger partial charge is 0.215 e. The van der Waals surface area contributed by atoms with Crippen LogP contribution < -0.4 is 0 Å². The van der Waals surface area contributed by atoms with E-state index < -0.39 is 6.23 Å². The van der Waals surface area contributed by atoms with Crippen LogP contribution in [0.1, 0.15) is 28.5 Å². The third-order valence-corrected chi connectivity index (χ3v) is 2.30. The highest BCUT2D eigenvalue weighted by molar-refractivity contribution is 5.38. The first-order valence-corrected chi connectivity index (χ1v) is 4.53. The molecule has 1 aromatic carbocycles. The van der Waals surface area contributed by atoms with E-state index in [2.05, 4.69) is 5.18 Å². The lowest BCUT2D eigenvalue weighted by molar-refractivity contribution is 0.109. The Kier molecular flexibility index (Phi) is 3.36. The maximum absolute atomic E-state index is 10.6. The zero-order chi connectivity index (χ0) is 10.7. The fraction of sp³-hybridized carbons (Fsp3) is 0.455. The van der Waals surface area contributed by atoms with Gasteiger partial charge in [-0.25, -0.2) is 0 Å². The van der Waals surface area contributed by atoms with Gasteiger partial charge in [-0.3, -0.25) is 0 Å². The molecule has 1 atom stereocenters. The minimum Gasteiger partial charge on any atom is -0.353 e. The van der Waals surface area contributed by atoms with E-state index in [1.54, 1.807) is 0 Å². The van der Waals surface area contributed by atoms with Crippen LogP contribution in [-0.2, 0) is 4.74 Å². The van der Waals surface area contributed by atoms with E-state index in [-0.39, 0.29) is 0 Å². The molecule has 0 amide bonds. The Balaban J connectivity index is 3.25. The van der Waals surface area contributed by atoms with E-state index in [1.165, 1.54) is 12.7 Å². The first-order chi connectivity index (χ1) is 6.60. The molecule has 1 rings (SSSR count). The summed E-state index contributed by atoms with van der Waals surface area (Å²) in [6.45, 7) is 5.96. The summed E-state index contributed by atoms with van der Waals surface area (Å²) in [4.78, 5) is 10.6. The Hall–Kier alpha value is -1.22. The summed E-state index contributed by atoms with van der Waals surface area (Å²) in [7, 11) is 1.49. The lowest BCUT2D eigenvalue weighted by Crippen LogP contribution is -2.03. The molecule has 0 N–H and O–H groups in total. The molecule has 0 saturated heterocycles. The Bertz CT molecular complexity index is 324. The molecule has 76 valence electrons. The maximum Gasteiger partial charge on any atom is 0.215 e. The number of nitroso groups, excluding NO2 is 1. The Morgan fingerprint density at radius 2 is 1.71 bits per heavy atom. The monoisotopic (exact) mass is 193 g/mol. The topological polar surface area (TPSA) is 38.7 Å². The summed E-state index contributed by atoms with van der Waals surface area (Å²) in [6.07, 6.45) is -0.685. The van der Waals surface area contributed by atoms with E-state index in [1.807, 2.05) is 32.9 Å². The van der Waals surface area contributed by atoms with Crippen LogP contribution >= 0.6 is 0 Å². The van der Waals surface area contributed by atoms with Gasteiger partial charge in [0.15, 0.2) is 0 Å². The maximum atomic E-state index is 10.6. The van der Waals surface area contributed by atoms with Gasteiger partial charge in [0.1, 0.15) is 0 Å². The van der Waals surface area contributed by atoms with Crippen molar-refractivity contribution >= 4 is 0 Å². The summed E-state index contributed by atoms with van der Waals surface area (Å²) in [5.74, 6) is 0. The van der Waals surface area contributed by atoms with Crippen LogP contribution in [0.25, 0.3) is 0 Å². The number of rotatable bonds is 3. The van der Waals surface area contributed by atoms with E-state index in [0.29, 0.717) is 0 Å². The SMILES string of the molecule is COC(N=O)c1c(C)cc(C)cc1C. The van der Waals surface area contributed by atoms with Gasteiger partial charge in [0.2, 0.25) is 6.23 Å². The predicted octanol–water partition coefficient (Wildman–Crippen LogP) is 3.02. The molecule has 0 radical (unpaired) electrons. The molecule has 0 aliphatic heterocycles. The number of nitrogens with zero attached hydrogens (tertiary/aromatic N) is 1. The summed E-state index contributed by atoms with van der Waals surface area (Å²) >= 11 is 0. The van der Waals surface area contributed by atoms with Gasteiger partial charge in [-0.05, 0) is 37.1 Å². The van der Waals surface area contributed by atoms with E-state index in [9.17, 15) is 4.91 Å². The number of hydrogen-bond acceptors (Lipinski definition) is 3. The number of ether oxygens (including phenoxy) is 1. The molecule has 1 unspecified atom stereocenters. The highest BCUT2D eigenvalue weighted by Gasteiger charge is 2.15. The molecule has 0 saturated carbocycles.